The summed E-state index contributed by atoms with van der Waals surface area (Å²) in [5, 5.41) is 3.00. The molecule has 27 heavy (non-hydrogen) atoms. The van der Waals surface area contributed by atoms with E-state index in [1.165, 1.54) is 0 Å². The summed E-state index contributed by atoms with van der Waals surface area (Å²) < 4.78 is 0. The fraction of sp³-hybridized carbons (Fsp3) is 0.571. The minimum absolute atomic E-state index is 0.00515. The standard InChI is InChI=1S/C21H29N3O3/c1-14(2)15(3)22-18(25)10-7-13-23-20(27)16-8-5-6-9-17(16)24-19(26)11-12-21(23,24)4/h5-6,8-9,14-15H,7,10-13H2,1-4H3,(H,22,25). The summed E-state index contributed by atoms with van der Waals surface area (Å²) in [6.45, 7) is 8.54. The SMILES string of the molecule is CC(C)C(C)NC(=O)CCCN1C(=O)c2ccccc2N2C(=O)CCC12C. The van der Waals surface area contributed by atoms with Gasteiger partial charge < -0.3 is 10.2 Å². The van der Waals surface area contributed by atoms with Gasteiger partial charge in [0, 0.05) is 25.4 Å². The van der Waals surface area contributed by atoms with Crippen LogP contribution in [-0.2, 0) is 9.59 Å². The Hall–Kier alpha value is -2.37. The van der Waals surface area contributed by atoms with Gasteiger partial charge in [0.2, 0.25) is 11.8 Å². The summed E-state index contributed by atoms with van der Waals surface area (Å²) in [4.78, 5) is 41.3. The predicted molar refractivity (Wildman–Crippen MR) is 104 cm³/mol. The summed E-state index contributed by atoms with van der Waals surface area (Å²) >= 11 is 0. The van der Waals surface area contributed by atoms with Gasteiger partial charge in [-0.15, -0.1) is 0 Å². The van der Waals surface area contributed by atoms with Gasteiger partial charge in [0.25, 0.3) is 5.91 Å². The number of carbonyl (C=O) groups excluding carboxylic acids is 3. The molecule has 3 rings (SSSR count). The number of amides is 3. The van der Waals surface area contributed by atoms with Crippen molar-refractivity contribution in [2.75, 3.05) is 11.4 Å². The fourth-order valence-electron chi connectivity index (χ4n) is 3.93. The van der Waals surface area contributed by atoms with Crippen LogP contribution in [0, 0.1) is 5.92 Å². The second-order valence-electron chi connectivity index (χ2n) is 8.12. The monoisotopic (exact) mass is 371 g/mol. The van der Waals surface area contributed by atoms with Gasteiger partial charge >= 0.3 is 0 Å². The lowest BCUT2D eigenvalue weighted by Crippen LogP contribution is -2.62. The van der Waals surface area contributed by atoms with Gasteiger partial charge in [0.15, 0.2) is 0 Å². The smallest absolute Gasteiger partial charge is 0.257 e. The van der Waals surface area contributed by atoms with Crippen LogP contribution in [0.25, 0.3) is 0 Å². The van der Waals surface area contributed by atoms with Crippen LogP contribution in [0.4, 0.5) is 5.69 Å². The molecule has 0 radical (unpaired) electrons. The molecule has 1 fully saturated rings. The molecule has 6 heteroatoms. The molecule has 6 nitrogen and oxygen atoms in total. The zero-order chi connectivity index (χ0) is 19.8. The number of anilines is 1. The number of hydrogen-bond acceptors (Lipinski definition) is 3. The first kappa shape index (κ1) is 19.4. The van der Waals surface area contributed by atoms with E-state index >= 15 is 0 Å². The number of rotatable bonds is 6. The normalized spacial score (nSPS) is 22.7. The Balaban J connectivity index is 1.73. The zero-order valence-electron chi connectivity index (χ0n) is 16.6. The second-order valence-corrected chi connectivity index (χ2v) is 8.12. The van der Waals surface area contributed by atoms with Crippen LogP contribution in [0.3, 0.4) is 0 Å². The van der Waals surface area contributed by atoms with Crippen LogP contribution >= 0.6 is 0 Å². The molecule has 3 amide bonds. The van der Waals surface area contributed by atoms with Crippen molar-refractivity contribution in [3.63, 3.8) is 0 Å². The van der Waals surface area contributed by atoms with E-state index in [0.29, 0.717) is 49.4 Å². The second kappa shape index (κ2) is 7.33. The first-order valence-electron chi connectivity index (χ1n) is 9.79. The first-order valence-corrected chi connectivity index (χ1v) is 9.79. The third-order valence-corrected chi connectivity index (χ3v) is 5.92. The molecular weight excluding hydrogens is 342 g/mol. The molecule has 0 spiro atoms. The highest BCUT2D eigenvalue weighted by molar-refractivity contribution is 6.10. The zero-order valence-corrected chi connectivity index (χ0v) is 16.6. The van der Waals surface area contributed by atoms with Crippen molar-refractivity contribution in [3.8, 4) is 0 Å². The number of para-hydroxylation sites is 1. The Morgan fingerprint density at radius 2 is 1.93 bits per heavy atom. The average Bonchev–Trinajstić information content (AvgIpc) is 2.93. The summed E-state index contributed by atoms with van der Waals surface area (Å²) in [5.74, 6) is 0.373. The fourth-order valence-corrected chi connectivity index (χ4v) is 3.93. The molecule has 0 saturated carbocycles. The molecule has 1 N–H and O–H groups in total. The molecular formula is C21H29N3O3. The highest BCUT2D eigenvalue weighted by Crippen LogP contribution is 2.43. The molecule has 1 saturated heterocycles. The van der Waals surface area contributed by atoms with Crippen molar-refractivity contribution >= 4 is 23.4 Å². The number of nitrogens with one attached hydrogen (secondary N) is 1. The van der Waals surface area contributed by atoms with E-state index < -0.39 is 5.66 Å². The van der Waals surface area contributed by atoms with Gasteiger partial charge in [-0.2, -0.15) is 0 Å². The van der Waals surface area contributed by atoms with E-state index in [1.54, 1.807) is 15.9 Å². The van der Waals surface area contributed by atoms with E-state index in [2.05, 4.69) is 19.2 Å². The number of nitrogens with zero attached hydrogens (tertiary/aromatic N) is 2. The Labute approximate surface area is 160 Å². The number of benzene rings is 1. The quantitative estimate of drug-likeness (QED) is 0.836. The van der Waals surface area contributed by atoms with Crippen molar-refractivity contribution in [3.05, 3.63) is 29.8 Å². The van der Waals surface area contributed by atoms with Crippen LogP contribution in [0.5, 0.6) is 0 Å². The molecule has 146 valence electrons. The van der Waals surface area contributed by atoms with Crippen LogP contribution in [0.15, 0.2) is 24.3 Å². The van der Waals surface area contributed by atoms with Gasteiger partial charge in [-0.05, 0) is 44.7 Å². The van der Waals surface area contributed by atoms with E-state index in [-0.39, 0.29) is 23.8 Å². The van der Waals surface area contributed by atoms with Crippen LogP contribution < -0.4 is 10.2 Å². The predicted octanol–water partition coefficient (Wildman–Crippen LogP) is 2.93. The summed E-state index contributed by atoms with van der Waals surface area (Å²) in [6, 6.07) is 7.41. The van der Waals surface area contributed by atoms with Crippen LogP contribution in [0.1, 0.15) is 63.7 Å². The lowest BCUT2D eigenvalue weighted by molar-refractivity contribution is -0.122. The van der Waals surface area contributed by atoms with Gasteiger partial charge in [-0.3, -0.25) is 19.3 Å². The van der Waals surface area contributed by atoms with E-state index in [4.69, 9.17) is 0 Å². The Bertz CT molecular complexity index is 761. The minimum Gasteiger partial charge on any atom is -0.353 e. The van der Waals surface area contributed by atoms with E-state index in [1.807, 2.05) is 32.0 Å². The van der Waals surface area contributed by atoms with Crippen molar-refractivity contribution in [1.29, 1.82) is 0 Å². The van der Waals surface area contributed by atoms with Gasteiger partial charge in [-0.1, -0.05) is 26.0 Å². The molecule has 1 aromatic rings. The molecule has 2 unspecified atom stereocenters. The summed E-state index contributed by atoms with van der Waals surface area (Å²) in [7, 11) is 0. The molecule has 2 aliphatic rings. The topological polar surface area (TPSA) is 69.7 Å². The van der Waals surface area contributed by atoms with Crippen molar-refractivity contribution in [2.45, 2.75) is 65.1 Å². The number of fused-ring (bicyclic) bond motifs is 3. The lowest BCUT2D eigenvalue weighted by atomic mass is 9.98. The van der Waals surface area contributed by atoms with Crippen molar-refractivity contribution in [2.24, 2.45) is 5.92 Å². The minimum atomic E-state index is -0.649. The summed E-state index contributed by atoms with van der Waals surface area (Å²) in [5.41, 5.74) is 0.611. The molecule has 2 heterocycles. The molecule has 0 bridgehead atoms. The number of hydrogen-bond donors (Lipinski definition) is 1. The third-order valence-electron chi connectivity index (χ3n) is 5.92. The maximum atomic E-state index is 13.1. The van der Waals surface area contributed by atoms with E-state index in [0.717, 1.165) is 0 Å². The van der Waals surface area contributed by atoms with Gasteiger partial charge in [-0.25, -0.2) is 0 Å². The van der Waals surface area contributed by atoms with E-state index in [9.17, 15) is 14.4 Å². The van der Waals surface area contributed by atoms with Crippen LogP contribution in [-0.4, -0.2) is 40.9 Å². The molecule has 0 aliphatic carbocycles. The molecule has 2 atom stereocenters. The van der Waals surface area contributed by atoms with Gasteiger partial charge in [0.05, 0.1) is 11.3 Å². The Kier molecular flexibility index (Phi) is 5.27. The maximum absolute atomic E-state index is 13.1. The largest absolute Gasteiger partial charge is 0.353 e. The van der Waals surface area contributed by atoms with Crippen LogP contribution in [0.2, 0.25) is 0 Å². The third kappa shape index (κ3) is 3.45. The van der Waals surface area contributed by atoms with Crippen molar-refractivity contribution in [1.82, 2.24) is 10.2 Å². The average molecular weight is 371 g/mol. The lowest BCUT2D eigenvalue weighted by Gasteiger charge is -2.48. The van der Waals surface area contributed by atoms with Crippen molar-refractivity contribution < 1.29 is 14.4 Å². The molecule has 0 aromatic heterocycles. The Morgan fingerprint density at radius 3 is 2.63 bits per heavy atom. The maximum Gasteiger partial charge on any atom is 0.257 e. The summed E-state index contributed by atoms with van der Waals surface area (Å²) in [6.07, 6.45) is 1.98. The molecule has 2 aliphatic heterocycles. The Morgan fingerprint density at radius 1 is 1.22 bits per heavy atom. The number of carbonyl (C=O) groups is 3. The van der Waals surface area contributed by atoms with Gasteiger partial charge in [0.1, 0.15) is 5.66 Å². The first-order chi connectivity index (χ1) is 12.8. The highest BCUT2D eigenvalue weighted by Gasteiger charge is 2.52. The highest BCUT2D eigenvalue weighted by atomic mass is 16.2. The molecule has 1 aromatic carbocycles.